The van der Waals surface area contributed by atoms with Gasteiger partial charge in [0.15, 0.2) is 0 Å². The van der Waals surface area contributed by atoms with Gasteiger partial charge in [-0.1, -0.05) is 0 Å². The first-order valence-electron chi connectivity index (χ1n) is 5.41. The molecule has 0 radical (unpaired) electrons. The van der Waals surface area contributed by atoms with Crippen LogP contribution in [-0.2, 0) is 6.54 Å². The highest BCUT2D eigenvalue weighted by molar-refractivity contribution is 7.07. The first-order chi connectivity index (χ1) is 8.03. The number of halogens is 3. The summed E-state index contributed by atoms with van der Waals surface area (Å²) in [5.41, 5.74) is 2.77. The minimum atomic E-state index is -4.09. The summed E-state index contributed by atoms with van der Waals surface area (Å²) in [6.45, 7) is 2.25. The summed E-state index contributed by atoms with van der Waals surface area (Å²) in [5, 5.41) is 1.97. The third kappa shape index (κ3) is 4.25. The third-order valence-electron chi connectivity index (χ3n) is 2.74. The molecule has 0 bridgehead atoms. The van der Waals surface area contributed by atoms with Gasteiger partial charge in [0.05, 0.1) is 17.7 Å². The van der Waals surface area contributed by atoms with Crippen LogP contribution in [0.15, 0.2) is 10.9 Å². The predicted molar refractivity (Wildman–Crippen MR) is 59.9 cm³/mol. The van der Waals surface area contributed by atoms with Gasteiger partial charge in [-0.15, -0.1) is 11.3 Å². The standard InChI is InChI=1S/C10H14F3N3S/c11-10(12,13)7-16-3-1-15(2-4-16)5-9-6-17-8-14-9/h6,8H,1-5,7H2. The molecule has 17 heavy (non-hydrogen) atoms. The van der Waals surface area contributed by atoms with Crippen molar-refractivity contribution in [3.63, 3.8) is 0 Å². The molecule has 1 saturated heterocycles. The molecule has 0 atom stereocenters. The van der Waals surface area contributed by atoms with Gasteiger partial charge in [0, 0.05) is 38.1 Å². The minimum Gasteiger partial charge on any atom is -0.295 e. The van der Waals surface area contributed by atoms with Crippen LogP contribution < -0.4 is 0 Å². The van der Waals surface area contributed by atoms with Crippen LogP contribution in [0, 0.1) is 0 Å². The van der Waals surface area contributed by atoms with Crippen LogP contribution in [0.3, 0.4) is 0 Å². The second-order valence-corrected chi connectivity index (χ2v) is 4.87. The van der Waals surface area contributed by atoms with Crippen molar-refractivity contribution in [2.24, 2.45) is 0 Å². The Labute approximate surface area is 102 Å². The van der Waals surface area contributed by atoms with E-state index in [0.29, 0.717) is 26.2 Å². The van der Waals surface area contributed by atoms with Crippen LogP contribution in [-0.4, -0.2) is 53.7 Å². The largest absolute Gasteiger partial charge is 0.401 e. The lowest BCUT2D eigenvalue weighted by Crippen LogP contribution is -2.48. The van der Waals surface area contributed by atoms with E-state index in [-0.39, 0.29) is 0 Å². The smallest absolute Gasteiger partial charge is 0.295 e. The summed E-state index contributed by atoms with van der Waals surface area (Å²) < 4.78 is 36.5. The lowest BCUT2D eigenvalue weighted by molar-refractivity contribution is -0.149. The van der Waals surface area contributed by atoms with E-state index in [1.807, 2.05) is 5.38 Å². The van der Waals surface area contributed by atoms with Gasteiger partial charge in [0.2, 0.25) is 0 Å². The van der Waals surface area contributed by atoms with Crippen molar-refractivity contribution in [3.05, 3.63) is 16.6 Å². The molecule has 3 nitrogen and oxygen atoms in total. The molecule has 1 aromatic heterocycles. The Morgan fingerprint density at radius 2 is 1.82 bits per heavy atom. The molecule has 0 spiro atoms. The number of alkyl halides is 3. The van der Waals surface area contributed by atoms with Gasteiger partial charge in [0.25, 0.3) is 0 Å². The maximum Gasteiger partial charge on any atom is 0.401 e. The first kappa shape index (κ1) is 12.8. The minimum absolute atomic E-state index is 0.476. The van der Waals surface area contributed by atoms with E-state index in [9.17, 15) is 13.2 Å². The number of nitrogens with zero attached hydrogens (tertiary/aromatic N) is 3. The van der Waals surface area contributed by atoms with E-state index in [1.54, 1.807) is 5.51 Å². The molecule has 2 heterocycles. The van der Waals surface area contributed by atoms with Crippen molar-refractivity contribution in [1.82, 2.24) is 14.8 Å². The number of aromatic nitrogens is 1. The van der Waals surface area contributed by atoms with Crippen LogP contribution in [0.4, 0.5) is 13.2 Å². The Balaban J connectivity index is 1.74. The normalized spacial score (nSPS) is 19.7. The molecule has 1 aromatic rings. The zero-order valence-electron chi connectivity index (χ0n) is 9.28. The molecule has 0 N–H and O–H groups in total. The molecule has 96 valence electrons. The Morgan fingerprint density at radius 3 is 2.35 bits per heavy atom. The van der Waals surface area contributed by atoms with Crippen LogP contribution in [0.5, 0.6) is 0 Å². The topological polar surface area (TPSA) is 19.4 Å². The fourth-order valence-electron chi connectivity index (χ4n) is 1.90. The molecule has 0 unspecified atom stereocenters. The zero-order valence-corrected chi connectivity index (χ0v) is 10.1. The number of piperazine rings is 1. The van der Waals surface area contributed by atoms with E-state index < -0.39 is 12.7 Å². The summed E-state index contributed by atoms with van der Waals surface area (Å²) in [6.07, 6.45) is -4.09. The Kier molecular flexibility index (Phi) is 4.01. The van der Waals surface area contributed by atoms with Gasteiger partial charge in [-0.25, -0.2) is 4.98 Å². The monoisotopic (exact) mass is 265 g/mol. The fourth-order valence-corrected chi connectivity index (χ4v) is 2.45. The van der Waals surface area contributed by atoms with Gasteiger partial charge in [-0.2, -0.15) is 13.2 Å². The zero-order chi connectivity index (χ0) is 12.3. The Bertz CT molecular complexity index is 331. The molecular formula is C10H14F3N3S. The lowest BCUT2D eigenvalue weighted by atomic mass is 10.3. The summed E-state index contributed by atoms with van der Waals surface area (Å²) in [4.78, 5) is 7.77. The molecule has 1 aliphatic heterocycles. The Morgan fingerprint density at radius 1 is 1.18 bits per heavy atom. The molecule has 0 amide bonds. The van der Waals surface area contributed by atoms with E-state index in [4.69, 9.17) is 0 Å². The first-order valence-corrected chi connectivity index (χ1v) is 6.36. The van der Waals surface area contributed by atoms with Crippen molar-refractivity contribution in [2.75, 3.05) is 32.7 Å². The number of thiazole rings is 1. The third-order valence-corrected chi connectivity index (χ3v) is 3.37. The average molecular weight is 265 g/mol. The Hall–Kier alpha value is -0.660. The quantitative estimate of drug-likeness (QED) is 0.831. The van der Waals surface area contributed by atoms with Crippen LogP contribution in [0.1, 0.15) is 5.69 Å². The second kappa shape index (κ2) is 5.32. The van der Waals surface area contributed by atoms with Gasteiger partial charge in [-0.3, -0.25) is 9.80 Å². The van der Waals surface area contributed by atoms with Crippen molar-refractivity contribution in [3.8, 4) is 0 Å². The summed E-state index contributed by atoms with van der Waals surface area (Å²) in [7, 11) is 0. The average Bonchev–Trinajstić information content (AvgIpc) is 2.71. The number of rotatable bonds is 3. The van der Waals surface area contributed by atoms with Crippen LogP contribution in [0.25, 0.3) is 0 Å². The molecule has 1 aliphatic rings. The summed E-state index contributed by atoms with van der Waals surface area (Å²) in [6, 6.07) is 0. The van der Waals surface area contributed by atoms with Crippen molar-refractivity contribution < 1.29 is 13.2 Å². The molecule has 0 aromatic carbocycles. The lowest BCUT2D eigenvalue weighted by Gasteiger charge is -2.34. The number of hydrogen-bond donors (Lipinski definition) is 0. The maximum absolute atomic E-state index is 12.2. The summed E-state index contributed by atoms with van der Waals surface area (Å²) in [5.74, 6) is 0. The molecular weight excluding hydrogens is 251 g/mol. The molecule has 2 rings (SSSR count). The van der Waals surface area contributed by atoms with E-state index >= 15 is 0 Å². The highest BCUT2D eigenvalue weighted by atomic mass is 32.1. The molecule has 7 heteroatoms. The van der Waals surface area contributed by atoms with Crippen molar-refractivity contribution in [1.29, 1.82) is 0 Å². The van der Waals surface area contributed by atoms with Gasteiger partial charge >= 0.3 is 6.18 Å². The van der Waals surface area contributed by atoms with Gasteiger partial charge in [-0.05, 0) is 0 Å². The summed E-state index contributed by atoms with van der Waals surface area (Å²) >= 11 is 1.54. The molecule has 0 saturated carbocycles. The molecule has 0 aliphatic carbocycles. The van der Waals surface area contributed by atoms with Gasteiger partial charge in [0.1, 0.15) is 0 Å². The predicted octanol–water partition coefficient (Wildman–Crippen LogP) is 1.82. The maximum atomic E-state index is 12.2. The number of hydrogen-bond acceptors (Lipinski definition) is 4. The van der Waals surface area contributed by atoms with Gasteiger partial charge < -0.3 is 0 Å². The van der Waals surface area contributed by atoms with E-state index in [0.717, 1.165) is 12.2 Å². The fraction of sp³-hybridized carbons (Fsp3) is 0.700. The SMILES string of the molecule is FC(F)(F)CN1CCN(Cc2cscn2)CC1. The van der Waals surface area contributed by atoms with Crippen LogP contribution in [0.2, 0.25) is 0 Å². The van der Waals surface area contributed by atoms with Crippen molar-refractivity contribution >= 4 is 11.3 Å². The van der Waals surface area contributed by atoms with E-state index in [2.05, 4.69) is 9.88 Å². The van der Waals surface area contributed by atoms with Crippen LogP contribution >= 0.6 is 11.3 Å². The highest BCUT2D eigenvalue weighted by Crippen LogP contribution is 2.18. The molecule has 1 fully saturated rings. The van der Waals surface area contributed by atoms with Crippen molar-refractivity contribution in [2.45, 2.75) is 12.7 Å². The highest BCUT2D eigenvalue weighted by Gasteiger charge is 2.32. The second-order valence-electron chi connectivity index (χ2n) is 4.15. The van der Waals surface area contributed by atoms with E-state index in [1.165, 1.54) is 16.2 Å².